The first-order chi connectivity index (χ1) is 16.2. The Morgan fingerprint density at radius 2 is 1.82 bits per heavy atom. The molecule has 0 unspecified atom stereocenters. The number of hydrogen-bond donors (Lipinski definition) is 2. The molecule has 0 saturated heterocycles. The van der Waals surface area contributed by atoms with Crippen LogP contribution >= 0.6 is 0 Å². The number of rotatable bonds is 5. The first-order valence-electron chi connectivity index (χ1n) is 9.93. The number of phenols is 1. The van der Waals surface area contributed by atoms with Gasteiger partial charge in [-0.2, -0.15) is 23.4 Å². The molecule has 0 atom stereocenters. The number of nitriles is 1. The monoisotopic (exact) mass is 468 g/mol. The fraction of sp³-hybridized carbons (Fsp3) is 0.125. The molecule has 0 spiro atoms. The Kier molecular flexibility index (Phi) is 5.94. The lowest BCUT2D eigenvalue weighted by molar-refractivity contribution is -0.140. The zero-order valence-electron chi connectivity index (χ0n) is 17.6. The van der Waals surface area contributed by atoms with Gasteiger partial charge in [-0.15, -0.1) is 0 Å². The molecule has 0 radical (unpaired) electrons. The average Bonchev–Trinajstić information content (AvgIpc) is 3.29. The number of aromatic nitrogens is 2. The SMILES string of the molecule is Cc1ccc(-c2noc(-c3ccc(O)c(C#N)c3)n2)cc1NCc1ccc(F)c(C(F)(F)F)c1. The van der Waals surface area contributed by atoms with Gasteiger partial charge >= 0.3 is 6.18 Å². The van der Waals surface area contributed by atoms with E-state index in [0.717, 1.165) is 17.7 Å². The number of benzene rings is 3. The van der Waals surface area contributed by atoms with Crippen molar-refractivity contribution >= 4 is 5.69 Å². The molecule has 1 aromatic heterocycles. The maximum absolute atomic E-state index is 13.5. The summed E-state index contributed by atoms with van der Waals surface area (Å²) >= 11 is 0. The third-order valence-electron chi connectivity index (χ3n) is 5.10. The van der Waals surface area contributed by atoms with Gasteiger partial charge in [0.05, 0.1) is 11.1 Å². The third-order valence-corrected chi connectivity index (χ3v) is 5.10. The highest BCUT2D eigenvalue weighted by molar-refractivity contribution is 5.67. The maximum Gasteiger partial charge on any atom is 0.419 e. The summed E-state index contributed by atoms with van der Waals surface area (Å²) in [4.78, 5) is 4.33. The maximum atomic E-state index is 13.5. The lowest BCUT2D eigenvalue weighted by Crippen LogP contribution is -2.10. The predicted molar refractivity (Wildman–Crippen MR) is 115 cm³/mol. The number of anilines is 1. The molecule has 0 aliphatic rings. The van der Waals surface area contributed by atoms with E-state index >= 15 is 0 Å². The van der Waals surface area contributed by atoms with Crippen molar-refractivity contribution in [3.63, 3.8) is 0 Å². The van der Waals surface area contributed by atoms with Crippen LogP contribution < -0.4 is 5.32 Å². The number of aromatic hydroxyl groups is 1. The number of alkyl halides is 3. The van der Waals surface area contributed by atoms with Crippen LogP contribution in [0, 0.1) is 24.1 Å². The first kappa shape index (κ1) is 22.8. The number of halogens is 4. The first-order valence-corrected chi connectivity index (χ1v) is 9.93. The Bertz CT molecular complexity index is 1410. The van der Waals surface area contributed by atoms with Crippen LogP contribution in [-0.2, 0) is 12.7 Å². The molecule has 0 aliphatic heterocycles. The molecule has 3 aromatic carbocycles. The second kappa shape index (κ2) is 8.86. The van der Waals surface area contributed by atoms with Gasteiger partial charge in [0.2, 0.25) is 5.82 Å². The summed E-state index contributed by atoms with van der Waals surface area (Å²) in [6.45, 7) is 1.86. The summed E-state index contributed by atoms with van der Waals surface area (Å²) in [5, 5.41) is 25.7. The Morgan fingerprint density at radius 3 is 2.56 bits per heavy atom. The quantitative estimate of drug-likeness (QED) is 0.346. The highest BCUT2D eigenvalue weighted by Gasteiger charge is 2.34. The van der Waals surface area contributed by atoms with E-state index in [2.05, 4.69) is 15.5 Å². The van der Waals surface area contributed by atoms with Gasteiger partial charge in [-0.05, 0) is 54.4 Å². The van der Waals surface area contributed by atoms with Crippen molar-refractivity contribution in [2.24, 2.45) is 0 Å². The second-order valence-corrected chi connectivity index (χ2v) is 7.46. The van der Waals surface area contributed by atoms with Crippen molar-refractivity contribution in [1.29, 1.82) is 5.26 Å². The fourth-order valence-electron chi connectivity index (χ4n) is 3.27. The summed E-state index contributed by atoms with van der Waals surface area (Å²) in [6.07, 6.45) is -4.78. The fourth-order valence-corrected chi connectivity index (χ4v) is 3.27. The summed E-state index contributed by atoms with van der Waals surface area (Å²) < 4.78 is 57.7. The minimum absolute atomic E-state index is 0.0373. The highest BCUT2D eigenvalue weighted by Crippen LogP contribution is 2.32. The minimum atomic E-state index is -4.78. The Morgan fingerprint density at radius 1 is 1.06 bits per heavy atom. The lowest BCUT2D eigenvalue weighted by atomic mass is 10.1. The number of hydrogen-bond acceptors (Lipinski definition) is 6. The molecule has 6 nitrogen and oxygen atoms in total. The van der Waals surface area contributed by atoms with Crippen molar-refractivity contribution in [1.82, 2.24) is 10.1 Å². The van der Waals surface area contributed by atoms with Crippen molar-refractivity contribution < 1.29 is 27.2 Å². The van der Waals surface area contributed by atoms with Crippen molar-refractivity contribution in [2.75, 3.05) is 5.32 Å². The van der Waals surface area contributed by atoms with Gasteiger partial charge in [-0.25, -0.2) is 4.39 Å². The molecule has 2 N–H and O–H groups in total. The molecule has 0 saturated carbocycles. The molecule has 34 heavy (non-hydrogen) atoms. The third kappa shape index (κ3) is 4.68. The zero-order valence-corrected chi connectivity index (χ0v) is 17.6. The van der Waals surface area contributed by atoms with Gasteiger partial charge in [0.1, 0.15) is 17.6 Å². The normalized spacial score (nSPS) is 11.3. The molecule has 4 rings (SSSR count). The van der Waals surface area contributed by atoms with Gasteiger partial charge in [0.15, 0.2) is 0 Å². The van der Waals surface area contributed by atoms with Crippen molar-refractivity contribution in [3.05, 3.63) is 82.7 Å². The average molecular weight is 468 g/mol. The van der Waals surface area contributed by atoms with E-state index in [-0.39, 0.29) is 35.1 Å². The van der Waals surface area contributed by atoms with Crippen LogP contribution in [-0.4, -0.2) is 15.2 Å². The van der Waals surface area contributed by atoms with E-state index in [1.54, 1.807) is 18.2 Å². The highest BCUT2D eigenvalue weighted by atomic mass is 19.4. The molecule has 0 bridgehead atoms. The van der Waals surface area contributed by atoms with Gasteiger partial charge in [-0.1, -0.05) is 23.4 Å². The van der Waals surface area contributed by atoms with E-state index in [1.807, 2.05) is 13.0 Å². The van der Waals surface area contributed by atoms with Crippen LogP contribution in [0.15, 0.2) is 59.1 Å². The summed E-state index contributed by atoms with van der Waals surface area (Å²) in [6, 6.07) is 14.3. The second-order valence-electron chi connectivity index (χ2n) is 7.46. The number of nitrogens with zero attached hydrogens (tertiary/aromatic N) is 3. The van der Waals surface area contributed by atoms with Crippen LogP contribution in [0.25, 0.3) is 22.8 Å². The molecule has 172 valence electrons. The molecule has 0 fully saturated rings. The summed E-state index contributed by atoms with van der Waals surface area (Å²) in [7, 11) is 0. The van der Waals surface area contributed by atoms with Crippen LogP contribution in [0.3, 0.4) is 0 Å². The molecular formula is C24H16F4N4O2. The van der Waals surface area contributed by atoms with E-state index in [1.165, 1.54) is 24.3 Å². The van der Waals surface area contributed by atoms with Crippen LogP contribution in [0.5, 0.6) is 5.75 Å². The Labute approximate surface area is 191 Å². The zero-order chi connectivity index (χ0) is 24.5. The van der Waals surface area contributed by atoms with Crippen LogP contribution in [0.4, 0.5) is 23.2 Å². The smallest absolute Gasteiger partial charge is 0.419 e. The van der Waals surface area contributed by atoms with E-state index in [0.29, 0.717) is 16.8 Å². The summed E-state index contributed by atoms with van der Waals surface area (Å²) in [5.74, 6) is -1.08. The van der Waals surface area contributed by atoms with E-state index in [4.69, 9.17) is 9.78 Å². The Balaban J connectivity index is 1.56. The van der Waals surface area contributed by atoms with Crippen LogP contribution in [0.2, 0.25) is 0 Å². The number of nitrogens with one attached hydrogen (secondary N) is 1. The standard InChI is InChI=1S/C24H16F4N4O2/c1-13-2-4-15(22-31-23(34-32-22)16-5-7-21(33)17(9-16)11-29)10-20(13)30-12-14-3-6-19(25)18(8-14)24(26,27)28/h2-10,30,33H,12H2,1H3. The number of phenolic OH excluding ortho intramolecular Hbond substituents is 1. The molecular weight excluding hydrogens is 452 g/mol. The van der Waals surface area contributed by atoms with E-state index in [9.17, 15) is 22.7 Å². The molecule has 4 aromatic rings. The number of aryl methyl sites for hydroxylation is 1. The van der Waals surface area contributed by atoms with Crippen molar-refractivity contribution in [2.45, 2.75) is 19.6 Å². The minimum Gasteiger partial charge on any atom is -0.507 e. The summed E-state index contributed by atoms with van der Waals surface area (Å²) in [5.41, 5.74) is 1.49. The van der Waals surface area contributed by atoms with Crippen molar-refractivity contribution in [3.8, 4) is 34.7 Å². The van der Waals surface area contributed by atoms with Gasteiger partial charge in [0.25, 0.3) is 5.89 Å². The largest absolute Gasteiger partial charge is 0.507 e. The van der Waals surface area contributed by atoms with Gasteiger partial charge < -0.3 is 14.9 Å². The lowest BCUT2D eigenvalue weighted by Gasteiger charge is -2.13. The molecule has 0 aliphatic carbocycles. The van der Waals surface area contributed by atoms with Gasteiger partial charge in [0, 0.05) is 23.4 Å². The van der Waals surface area contributed by atoms with Crippen LogP contribution in [0.1, 0.15) is 22.3 Å². The van der Waals surface area contributed by atoms with E-state index < -0.39 is 17.6 Å². The van der Waals surface area contributed by atoms with Gasteiger partial charge in [-0.3, -0.25) is 0 Å². The molecule has 1 heterocycles. The Hall–Kier alpha value is -4.39. The molecule has 10 heteroatoms. The topological polar surface area (TPSA) is 95.0 Å². The predicted octanol–water partition coefficient (Wildman–Crippen LogP) is 6.06. The molecule has 0 amide bonds.